The molecule has 0 radical (unpaired) electrons. The second-order valence-corrected chi connectivity index (χ2v) is 6.20. The molecule has 0 spiro atoms. The molecule has 0 aromatic carbocycles. The number of likely N-dealkylation sites (tertiary alicyclic amines) is 1. The topological polar surface area (TPSA) is 44.8 Å². The van der Waals surface area contributed by atoms with Gasteiger partial charge in [0.05, 0.1) is 6.10 Å². The lowest BCUT2D eigenvalue weighted by Crippen LogP contribution is -2.43. The zero-order chi connectivity index (χ0) is 14.4. The van der Waals surface area contributed by atoms with Gasteiger partial charge >= 0.3 is 0 Å². The van der Waals surface area contributed by atoms with E-state index < -0.39 is 0 Å². The molecule has 0 aliphatic carbocycles. The third-order valence-corrected chi connectivity index (χ3v) is 4.55. The molecule has 5 nitrogen and oxygen atoms in total. The van der Waals surface area contributed by atoms with Crippen LogP contribution in [0.1, 0.15) is 32.1 Å². The van der Waals surface area contributed by atoms with E-state index in [9.17, 15) is 4.79 Å². The largest absolute Gasteiger partial charge is 0.376 e. The van der Waals surface area contributed by atoms with Crippen molar-refractivity contribution >= 4 is 5.91 Å². The number of ether oxygens (including phenoxy) is 1. The zero-order valence-electron chi connectivity index (χ0n) is 12.9. The Morgan fingerprint density at radius 2 is 2.10 bits per heavy atom. The van der Waals surface area contributed by atoms with Crippen LogP contribution in [0.2, 0.25) is 0 Å². The van der Waals surface area contributed by atoms with Gasteiger partial charge in [-0.3, -0.25) is 4.79 Å². The number of amides is 1. The molecule has 0 saturated carbocycles. The van der Waals surface area contributed by atoms with Crippen molar-refractivity contribution in [3.8, 4) is 0 Å². The van der Waals surface area contributed by atoms with Gasteiger partial charge in [-0.15, -0.1) is 0 Å². The molecule has 2 rings (SSSR count). The van der Waals surface area contributed by atoms with Crippen LogP contribution in [0.15, 0.2) is 0 Å². The van der Waals surface area contributed by atoms with Gasteiger partial charge in [-0.25, -0.2) is 0 Å². The number of nitrogens with one attached hydrogen (secondary N) is 1. The molecule has 1 unspecified atom stereocenters. The minimum Gasteiger partial charge on any atom is -0.376 e. The number of piperidine rings is 1. The molecular weight excluding hydrogens is 254 g/mol. The van der Waals surface area contributed by atoms with E-state index in [1.54, 1.807) is 0 Å². The van der Waals surface area contributed by atoms with E-state index in [4.69, 9.17) is 4.74 Å². The van der Waals surface area contributed by atoms with Crippen molar-refractivity contribution in [1.29, 1.82) is 0 Å². The number of carbonyl (C=O) groups excluding carboxylic acids is 1. The fraction of sp³-hybridized carbons (Fsp3) is 0.933. The molecule has 5 heteroatoms. The lowest BCUT2D eigenvalue weighted by molar-refractivity contribution is -0.122. The number of hydrogen-bond donors (Lipinski definition) is 1. The van der Waals surface area contributed by atoms with Crippen molar-refractivity contribution in [2.45, 2.75) is 44.2 Å². The van der Waals surface area contributed by atoms with E-state index >= 15 is 0 Å². The SMILES string of the molecule is CN1CCC(N(C)CCC(=O)NCC2CCCO2)CC1. The van der Waals surface area contributed by atoms with Gasteiger partial charge in [0.15, 0.2) is 0 Å². The Morgan fingerprint density at radius 1 is 1.35 bits per heavy atom. The quantitative estimate of drug-likeness (QED) is 0.779. The van der Waals surface area contributed by atoms with Crippen molar-refractivity contribution in [2.75, 3.05) is 46.9 Å². The first-order chi connectivity index (χ1) is 9.65. The van der Waals surface area contributed by atoms with Gasteiger partial charge in [-0.1, -0.05) is 0 Å². The third kappa shape index (κ3) is 5.04. The van der Waals surface area contributed by atoms with Crippen LogP contribution in [-0.4, -0.2) is 74.7 Å². The Labute approximate surface area is 122 Å². The normalized spacial score (nSPS) is 25.2. The summed E-state index contributed by atoms with van der Waals surface area (Å²) in [6.07, 6.45) is 5.46. The highest BCUT2D eigenvalue weighted by Gasteiger charge is 2.21. The third-order valence-electron chi connectivity index (χ3n) is 4.55. The van der Waals surface area contributed by atoms with Crippen molar-refractivity contribution in [3.05, 3.63) is 0 Å². The highest BCUT2D eigenvalue weighted by Crippen LogP contribution is 2.14. The first kappa shape index (κ1) is 15.7. The molecule has 1 amide bonds. The molecule has 20 heavy (non-hydrogen) atoms. The van der Waals surface area contributed by atoms with Crippen LogP contribution in [0.25, 0.3) is 0 Å². The molecule has 1 N–H and O–H groups in total. The van der Waals surface area contributed by atoms with Crippen LogP contribution in [0.5, 0.6) is 0 Å². The van der Waals surface area contributed by atoms with Gasteiger partial charge in [0.2, 0.25) is 5.91 Å². The highest BCUT2D eigenvalue weighted by atomic mass is 16.5. The monoisotopic (exact) mass is 283 g/mol. The summed E-state index contributed by atoms with van der Waals surface area (Å²) in [6, 6.07) is 0.636. The highest BCUT2D eigenvalue weighted by molar-refractivity contribution is 5.76. The Balaban J connectivity index is 1.57. The number of nitrogens with zero attached hydrogens (tertiary/aromatic N) is 2. The van der Waals surface area contributed by atoms with Crippen molar-refractivity contribution in [2.24, 2.45) is 0 Å². The average Bonchev–Trinajstić information content (AvgIpc) is 2.96. The predicted molar refractivity (Wildman–Crippen MR) is 79.7 cm³/mol. The maximum Gasteiger partial charge on any atom is 0.221 e. The molecule has 2 aliphatic heterocycles. The first-order valence-electron chi connectivity index (χ1n) is 7.92. The van der Waals surface area contributed by atoms with E-state index in [0.717, 1.165) is 26.0 Å². The number of hydrogen-bond acceptors (Lipinski definition) is 4. The van der Waals surface area contributed by atoms with Gasteiger partial charge in [0.25, 0.3) is 0 Å². The van der Waals surface area contributed by atoms with Crippen LogP contribution in [-0.2, 0) is 9.53 Å². The number of rotatable bonds is 6. The number of carbonyl (C=O) groups is 1. The van der Waals surface area contributed by atoms with E-state index in [2.05, 4.69) is 29.2 Å². The molecule has 0 aromatic rings. The lowest BCUT2D eigenvalue weighted by Gasteiger charge is -2.35. The summed E-state index contributed by atoms with van der Waals surface area (Å²) in [5.41, 5.74) is 0. The summed E-state index contributed by atoms with van der Waals surface area (Å²) in [4.78, 5) is 16.6. The Kier molecular flexibility index (Phi) is 6.26. The van der Waals surface area contributed by atoms with Crippen LogP contribution in [0, 0.1) is 0 Å². The Hall–Kier alpha value is -0.650. The summed E-state index contributed by atoms with van der Waals surface area (Å²) < 4.78 is 5.50. The van der Waals surface area contributed by atoms with Crippen molar-refractivity contribution < 1.29 is 9.53 Å². The molecular formula is C15H29N3O2. The predicted octanol–water partition coefficient (Wildman–Crippen LogP) is 0.698. The maximum atomic E-state index is 11.8. The summed E-state index contributed by atoms with van der Waals surface area (Å²) in [7, 11) is 4.32. The smallest absolute Gasteiger partial charge is 0.221 e. The summed E-state index contributed by atoms with van der Waals surface area (Å²) in [6.45, 7) is 4.71. The van der Waals surface area contributed by atoms with E-state index in [-0.39, 0.29) is 12.0 Å². The molecule has 1 atom stereocenters. The lowest BCUT2D eigenvalue weighted by atomic mass is 10.0. The van der Waals surface area contributed by atoms with Gasteiger partial charge in [-0.05, 0) is 52.9 Å². The van der Waals surface area contributed by atoms with E-state index in [0.29, 0.717) is 19.0 Å². The first-order valence-corrected chi connectivity index (χ1v) is 7.92. The van der Waals surface area contributed by atoms with Gasteiger partial charge in [0, 0.05) is 32.2 Å². The molecule has 2 heterocycles. The standard InChI is InChI=1S/C15H29N3O2/c1-17-8-5-13(6-9-17)18(2)10-7-15(19)16-12-14-4-3-11-20-14/h13-14H,3-12H2,1-2H3,(H,16,19). The van der Waals surface area contributed by atoms with E-state index in [1.807, 2.05) is 0 Å². The summed E-state index contributed by atoms with van der Waals surface area (Å²) >= 11 is 0. The molecule has 116 valence electrons. The van der Waals surface area contributed by atoms with Crippen LogP contribution >= 0.6 is 0 Å². The summed E-state index contributed by atoms with van der Waals surface area (Å²) in [5.74, 6) is 0.153. The average molecular weight is 283 g/mol. The molecule has 0 aromatic heterocycles. The molecule has 2 aliphatic rings. The van der Waals surface area contributed by atoms with Gasteiger partial charge in [0.1, 0.15) is 0 Å². The van der Waals surface area contributed by atoms with Crippen molar-refractivity contribution in [3.63, 3.8) is 0 Å². The Morgan fingerprint density at radius 3 is 2.75 bits per heavy atom. The van der Waals surface area contributed by atoms with Crippen LogP contribution in [0.3, 0.4) is 0 Å². The second-order valence-electron chi connectivity index (χ2n) is 6.20. The van der Waals surface area contributed by atoms with E-state index in [1.165, 1.54) is 25.9 Å². The summed E-state index contributed by atoms with van der Waals surface area (Å²) in [5, 5.41) is 2.99. The maximum absolute atomic E-state index is 11.8. The Bertz CT molecular complexity index is 297. The molecule has 2 saturated heterocycles. The molecule has 0 bridgehead atoms. The van der Waals surface area contributed by atoms with Gasteiger partial charge < -0.3 is 19.9 Å². The second kappa shape index (κ2) is 7.96. The fourth-order valence-electron chi connectivity index (χ4n) is 3.02. The molecule has 2 fully saturated rings. The minimum absolute atomic E-state index is 0.153. The minimum atomic E-state index is 0.153. The zero-order valence-corrected chi connectivity index (χ0v) is 12.9. The van der Waals surface area contributed by atoms with Crippen molar-refractivity contribution in [1.82, 2.24) is 15.1 Å². The van der Waals surface area contributed by atoms with Crippen LogP contribution < -0.4 is 5.32 Å². The fourth-order valence-corrected chi connectivity index (χ4v) is 3.02. The van der Waals surface area contributed by atoms with Crippen LogP contribution in [0.4, 0.5) is 0 Å². The van der Waals surface area contributed by atoms with Gasteiger partial charge in [-0.2, -0.15) is 0 Å².